The number of aliphatic hydroxyl groups excluding tert-OH is 1. The number of benzene rings is 2. The molecule has 0 aliphatic carbocycles. The van der Waals surface area contributed by atoms with Crippen LogP contribution < -0.4 is 0 Å². The van der Waals surface area contributed by atoms with Crippen molar-refractivity contribution in [1.82, 2.24) is 0 Å². The van der Waals surface area contributed by atoms with Crippen molar-refractivity contribution in [2.75, 3.05) is 0 Å². The van der Waals surface area contributed by atoms with Crippen molar-refractivity contribution in [3.8, 4) is 0 Å². The smallest absolute Gasteiger partial charge is 0.0831 e. The fraction of sp³-hybridized carbons (Fsp3) is 0.200. The van der Waals surface area contributed by atoms with Crippen LogP contribution in [0.25, 0.3) is 0 Å². The largest absolute Gasteiger partial charge is 0.388 e. The van der Waals surface area contributed by atoms with Crippen LogP contribution in [0.2, 0.25) is 15.1 Å². The van der Waals surface area contributed by atoms with Crippen molar-refractivity contribution in [2.24, 2.45) is 0 Å². The molecule has 1 unspecified atom stereocenters. The summed E-state index contributed by atoms with van der Waals surface area (Å²) in [5.74, 6) is 0. The standard InChI is InChI=1S/C15H13Cl3O/c1-9-2-3-10(13(17)6-9)8-15(19)11-4-5-12(16)14(18)7-11/h2-7,15,19H,8H2,1H3. The summed E-state index contributed by atoms with van der Waals surface area (Å²) in [4.78, 5) is 0. The van der Waals surface area contributed by atoms with Crippen LogP contribution in [0.1, 0.15) is 22.8 Å². The van der Waals surface area contributed by atoms with Crippen LogP contribution in [0.3, 0.4) is 0 Å². The molecule has 0 aliphatic heterocycles. The van der Waals surface area contributed by atoms with Gasteiger partial charge in [0.15, 0.2) is 0 Å². The normalized spacial score (nSPS) is 12.5. The van der Waals surface area contributed by atoms with Gasteiger partial charge in [-0.05, 0) is 41.8 Å². The molecule has 0 bridgehead atoms. The summed E-state index contributed by atoms with van der Waals surface area (Å²) in [5, 5.41) is 11.8. The second kappa shape index (κ2) is 6.15. The van der Waals surface area contributed by atoms with Crippen molar-refractivity contribution >= 4 is 34.8 Å². The Morgan fingerprint density at radius 3 is 2.32 bits per heavy atom. The molecule has 2 aromatic rings. The molecule has 1 N–H and O–H groups in total. The van der Waals surface area contributed by atoms with Gasteiger partial charge in [0.25, 0.3) is 0 Å². The van der Waals surface area contributed by atoms with E-state index in [2.05, 4.69) is 0 Å². The lowest BCUT2D eigenvalue weighted by atomic mass is 10.0. The van der Waals surface area contributed by atoms with Crippen LogP contribution in [0.5, 0.6) is 0 Å². The number of rotatable bonds is 3. The SMILES string of the molecule is Cc1ccc(CC(O)c2ccc(Cl)c(Cl)c2)c(Cl)c1. The zero-order valence-electron chi connectivity index (χ0n) is 10.3. The minimum Gasteiger partial charge on any atom is -0.388 e. The first-order valence-electron chi connectivity index (χ1n) is 5.85. The third kappa shape index (κ3) is 3.64. The molecule has 0 fully saturated rings. The number of halogens is 3. The fourth-order valence-corrected chi connectivity index (χ4v) is 2.48. The second-order valence-electron chi connectivity index (χ2n) is 4.49. The summed E-state index contributed by atoms with van der Waals surface area (Å²) < 4.78 is 0. The van der Waals surface area contributed by atoms with E-state index in [-0.39, 0.29) is 0 Å². The Labute approximate surface area is 127 Å². The maximum atomic E-state index is 10.2. The maximum Gasteiger partial charge on any atom is 0.0831 e. The van der Waals surface area contributed by atoms with Crippen molar-refractivity contribution in [3.63, 3.8) is 0 Å². The molecule has 1 atom stereocenters. The molecule has 0 heterocycles. The van der Waals surface area contributed by atoms with Gasteiger partial charge in [-0.2, -0.15) is 0 Å². The lowest BCUT2D eigenvalue weighted by Gasteiger charge is -2.13. The second-order valence-corrected chi connectivity index (χ2v) is 5.71. The lowest BCUT2D eigenvalue weighted by Crippen LogP contribution is -2.02. The van der Waals surface area contributed by atoms with Crippen molar-refractivity contribution in [3.05, 3.63) is 68.2 Å². The van der Waals surface area contributed by atoms with Gasteiger partial charge in [0.2, 0.25) is 0 Å². The average molecular weight is 316 g/mol. The fourth-order valence-electron chi connectivity index (χ4n) is 1.86. The Bertz CT molecular complexity index is 596. The highest BCUT2D eigenvalue weighted by Crippen LogP contribution is 2.29. The minimum absolute atomic E-state index is 0.438. The summed E-state index contributed by atoms with van der Waals surface area (Å²) >= 11 is 18.0. The third-order valence-electron chi connectivity index (χ3n) is 2.95. The topological polar surface area (TPSA) is 20.2 Å². The highest BCUT2D eigenvalue weighted by atomic mass is 35.5. The van der Waals surface area contributed by atoms with Gasteiger partial charge in [-0.3, -0.25) is 0 Å². The van der Waals surface area contributed by atoms with E-state index in [1.807, 2.05) is 25.1 Å². The van der Waals surface area contributed by atoms with Gasteiger partial charge in [-0.15, -0.1) is 0 Å². The summed E-state index contributed by atoms with van der Waals surface area (Å²) in [6.45, 7) is 1.98. The predicted molar refractivity (Wildman–Crippen MR) is 81.3 cm³/mol. The summed E-state index contributed by atoms with van der Waals surface area (Å²) in [6, 6.07) is 10.9. The molecule has 2 rings (SSSR count). The molecule has 0 spiro atoms. The molecule has 1 nitrogen and oxygen atoms in total. The summed E-state index contributed by atoms with van der Waals surface area (Å²) in [6.07, 6.45) is -0.216. The average Bonchev–Trinajstić information content (AvgIpc) is 2.36. The van der Waals surface area contributed by atoms with Crippen LogP contribution in [0.4, 0.5) is 0 Å². The van der Waals surface area contributed by atoms with Crippen molar-refractivity contribution in [1.29, 1.82) is 0 Å². The van der Waals surface area contributed by atoms with Gasteiger partial charge in [-0.25, -0.2) is 0 Å². The Hall–Kier alpha value is -0.730. The van der Waals surface area contributed by atoms with E-state index in [9.17, 15) is 5.11 Å². The maximum absolute atomic E-state index is 10.2. The molecular formula is C15H13Cl3O. The first-order valence-corrected chi connectivity index (χ1v) is 6.99. The first kappa shape index (κ1) is 14.7. The molecule has 0 aromatic heterocycles. The predicted octanol–water partition coefficient (Wildman–Crippen LogP) is 5.23. The molecule has 0 saturated heterocycles. The van der Waals surface area contributed by atoms with Gasteiger partial charge in [0, 0.05) is 11.4 Å². The first-order chi connectivity index (χ1) is 8.97. The molecule has 100 valence electrons. The van der Waals surface area contributed by atoms with Gasteiger partial charge in [0.1, 0.15) is 0 Å². The van der Waals surface area contributed by atoms with Gasteiger partial charge in [0.05, 0.1) is 16.1 Å². The Morgan fingerprint density at radius 2 is 1.68 bits per heavy atom. The van der Waals surface area contributed by atoms with Crippen LogP contribution in [-0.2, 0) is 6.42 Å². The molecule has 19 heavy (non-hydrogen) atoms. The van der Waals surface area contributed by atoms with Crippen LogP contribution in [0.15, 0.2) is 36.4 Å². The van der Waals surface area contributed by atoms with E-state index in [1.54, 1.807) is 18.2 Å². The highest BCUT2D eigenvalue weighted by molar-refractivity contribution is 6.42. The number of aryl methyl sites for hydroxylation is 1. The lowest BCUT2D eigenvalue weighted by molar-refractivity contribution is 0.178. The molecule has 0 aliphatic rings. The molecule has 0 amide bonds. The summed E-state index contributed by atoms with van der Waals surface area (Å²) in [5.41, 5.74) is 2.73. The highest BCUT2D eigenvalue weighted by Gasteiger charge is 2.12. The van der Waals surface area contributed by atoms with Crippen LogP contribution >= 0.6 is 34.8 Å². The number of hydrogen-bond acceptors (Lipinski definition) is 1. The van der Waals surface area contributed by atoms with E-state index in [0.717, 1.165) is 16.7 Å². The van der Waals surface area contributed by atoms with E-state index in [1.165, 1.54) is 0 Å². The Balaban J connectivity index is 2.20. The quantitative estimate of drug-likeness (QED) is 0.822. The zero-order valence-corrected chi connectivity index (χ0v) is 12.6. The Morgan fingerprint density at radius 1 is 0.947 bits per heavy atom. The van der Waals surface area contributed by atoms with Gasteiger partial charge >= 0.3 is 0 Å². The Kier molecular flexibility index (Phi) is 4.75. The molecule has 4 heteroatoms. The van der Waals surface area contributed by atoms with Crippen molar-refractivity contribution < 1.29 is 5.11 Å². The zero-order chi connectivity index (χ0) is 14.0. The van der Waals surface area contributed by atoms with Crippen LogP contribution in [0, 0.1) is 6.92 Å². The van der Waals surface area contributed by atoms with E-state index in [0.29, 0.717) is 21.5 Å². The van der Waals surface area contributed by atoms with Gasteiger partial charge < -0.3 is 5.11 Å². The van der Waals surface area contributed by atoms with E-state index >= 15 is 0 Å². The van der Waals surface area contributed by atoms with Crippen molar-refractivity contribution in [2.45, 2.75) is 19.4 Å². The third-order valence-corrected chi connectivity index (χ3v) is 4.04. The minimum atomic E-state index is -0.657. The van der Waals surface area contributed by atoms with Gasteiger partial charge in [-0.1, -0.05) is 53.0 Å². The molecule has 0 saturated carbocycles. The summed E-state index contributed by atoms with van der Waals surface area (Å²) in [7, 11) is 0. The number of hydrogen-bond donors (Lipinski definition) is 1. The monoisotopic (exact) mass is 314 g/mol. The molecular weight excluding hydrogens is 303 g/mol. The molecule has 0 radical (unpaired) electrons. The number of aliphatic hydroxyl groups is 1. The van der Waals surface area contributed by atoms with E-state index < -0.39 is 6.10 Å². The molecule has 2 aromatic carbocycles. The van der Waals surface area contributed by atoms with E-state index in [4.69, 9.17) is 34.8 Å². The van der Waals surface area contributed by atoms with Crippen LogP contribution in [-0.4, -0.2) is 5.11 Å².